The highest BCUT2D eigenvalue weighted by molar-refractivity contribution is 7.98. The highest BCUT2D eigenvalue weighted by Gasteiger charge is 2.18. The average molecular weight is 452 g/mol. The molecule has 0 aliphatic rings. The van der Waals surface area contributed by atoms with E-state index < -0.39 is 17.7 Å². The molecule has 1 unspecified atom stereocenters. The summed E-state index contributed by atoms with van der Waals surface area (Å²) in [6.45, 7) is 1.65. The molecule has 1 amide bonds. The molecule has 6 nitrogen and oxygen atoms in total. The molecule has 1 heterocycles. The molecule has 0 saturated carbocycles. The lowest BCUT2D eigenvalue weighted by molar-refractivity contribution is 0.0936. The molecule has 9 heteroatoms. The number of amides is 1. The summed E-state index contributed by atoms with van der Waals surface area (Å²) in [5.41, 5.74) is 1.51. The molecule has 0 saturated heterocycles. The van der Waals surface area contributed by atoms with Gasteiger partial charge in [-0.15, -0.1) is 16.9 Å². The van der Waals surface area contributed by atoms with Crippen LogP contribution in [0.3, 0.4) is 0 Å². The lowest BCUT2D eigenvalue weighted by Gasteiger charge is -2.16. The zero-order valence-corrected chi connectivity index (χ0v) is 17.9. The van der Waals surface area contributed by atoms with Crippen LogP contribution in [0.25, 0.3) is 5.69 Å². The number of carbonyl (C=O) groups is 1. The van der Waals surface area contributed by atoms with Crippen LogP contribution in [0.15, 0.2) is 77.7 Å². The van der Waals surface area contributed by atoms with Gasteiger partial charge in [-0.05, 0) is 47.7 Å². The minimum Gasteiger partial charge on any atom is -0.345 e. The number of benzene rings is 3. The van der Waals surface area contributed by atoms with Gasteiger partial charge in [-0.2, -0.15) is 4.68 Å². The summed E-state index contributed by atoms with van der Waals surface area (Å²) in [5, 5.41) is 14.7. The van der Waals surface area contributed by atoms with E-state index in [2.05, 4.69) is 20.8 Å². The van der Waals surface area contributed by atoms with Gasteiger partial charge in [-0.25, -0.2) is 8.78 Å². The lowest BCUT2D eigenvalue weighted by Crippen LogP contribution is -2.27. The Labute approximate surface area is 187 Å². The SMILES string of the molecule is CC(NC(=O)c1ccccc1SCc1nnnn1-c1ccccc1)c1ccc(F)cc1F. The lowest BCUT2D eigenvalue weighted by atomic mass is 10.1. The van der Waals surface area contributed by atoms with Crippen molar-refractivity contribution in [3.05, 3.63) is 101 Å². The van der Waals surface area contributed by atoms with E-state index in [1.54, 1.807) is 23.7 Å². The molecular formula is C23H19F2N5OS. The molecule has 0 aliphatic carbocycles. The molecule has 0 fully saturated rings. The fourth-order valence-electron chi connectivity index (χ4n) is 3.19. The van der Waals surface area contributed by atoms with Crippen LogP contribution in [0.1, 0.15) is 34.7 Å². The Morgan fingerprint density at radius 1 is 1.06 bits per heavy atom. The summed E-state index contributed by atoms with van der Waals surface area (Å²) in [6, 6.07) is 19.3. The summed E-state index contributed by atoms with van der Waals surface area (Å²) in [4.78, 5) is 13.6. The first-order valence-corrected chi connectivity index (χ1v) is 10.8. The van der Waals surface area contributed by atoms with Crippen molar-refractivity contribution in [1.82, 2.24) is 25.5 Å². The maximum atomic E-state index is 14.1. The van der Waals surface area contributed by atoms with Gasteiger partial charge in [0.25, 0.3) is 5.91 Å². The van der Waals surface area contributed by atoms with Gasteiger partial charge in [-0.1, -0.05) is 36.4 Å². The fraction of sp³-hybridized carbons (Fsp3) is 0.130. The van der Waals surface area contributed by atoms with Crippen molar-refractivity contribution in [2.75, 3.05) is 0 Å². The van der Waals surface area contributed by atoms with Crippen LogP contribution in [0.4, 0.5) is 8.78 Å². The summed E-state index contributed by atoms with van der Waals surface area (Å²) in [7, 11) is 0. The van der Waals surface area contributed by atoms with E-state index in [0.717, 1.165) is 16.6 Å². The number of thioether (sulfide) groups is 1. The number of hydrogen-bond donors (Lipinski definition) is 1. The number of para-hydroxylation sites is 1. The Morgan fingerprint density at radius 2 is 1.81 bits per heavy atom. The van der Waals surface area contributed by atoms with Gasteiger partial charge in [0.15, 0.2) is 5.82 Å². The monoisotopic (exact) mass is 451 g/mol. The Balaban J connectivity index is 1.49. The van der Waals surface area contributed by atoms with Crippen LogP contribution in [0, 0.1) is 11.6 Å². The number of nitrogens with zero attached hydrogens (tertiary/aromatic N) is 4. The van der Waals surface area contributed by atoms with Gasteiger partial charge >= 0.3 is 0 Å². The number of hydrogen-bond acceptors (Lipinski definition) is 5. The number of tetrazole rings is 1. The normalized spacial score (nSPS) is 11.8. The second-order valence-electron chi connectivity index (χ2n) is 6.99. The summed E-state index contributed by atoms with van der Waals surface area (Å²) in [6.07, 6.45) is 0. The van der Waals surface area contributed by atoms with E-state index in [1.807, 2.05) is 42.5 Å². The molecule has 32 heavy (non-hydrogen) atoms. The largest absolute Gasteiger partial charge is 0.345 e. The minimum absolute atomic E-state index is 0.215. The molecule has 4 aromatic rings. The predicted molar refractivity (Wildman–Crippen MR) is 117 cm³/mol. The van der Waals surface area contributed by atoms with Crippen molar-refractivity contribution in [2.24, 2.45) is 0 Å². The molecule has 1 aromatic heterocycles. The number of nitrogens with one attached hydrogen (secondary N) is 1. The van der Waals surface area contributed by atoms with E-state index in [9.17, 15) is 13.6 Å². The molecular weight excluding hydrogens is 432 g/mol. The van der Waals surface area contributed by atoms with E-state index in [0.29, 0.717) is 17.1 Å². The second-order valence-corrected chi connectivity index (χ2v) is 8.01. The van der Waals surface area contributed by atoms with Crippen molar-refractivity contribution >= 4 is 17.7 Å². The smallest absolute Gasteiger partial charge is 0.252 e. The summed E-state index contributed by atoms with van der Waals surface area (Å²) in [5.74, 6) is -0.642. The third kappa shape index (κ3) is 4.83. The Morgan fingerprint density at radius 3 is 2.59 bits per heavy atom. The van der Waals surface area contributed by atoms with Gasteiger partial charge in [0, 0.05) is 16.5 Å². The van der Waals surface area contributed by atoms with Crippen molar-refractivity contribution in [3.63, 3.8) is 0 Å². The molecule has 0 radical (unpaired) electrons. The van der Waals surface area contributed by atoms with Crippen LogP contribution in [-0.4, -0.2) is 26.1 Å². The molecule has 1 atom stereocenters. The van der Waals surface area contributed by atoms with Gasteiger partial charge in [0.05, 0.1) is 23.0 Å². The van der Waals surface area contributed by atoms with E-state index in [4.69, 9.17) is 0 Å². The average Bonchev–Trinajstić information content (AvgIpc) is 3.27. The maximum Gasteiger partial charge on any atom is 0.252 e. The molecule has 0 aliphatic heterocycles. The minimum atomic E-state index is -0.701. The van der Waals surface area contributed by atoms with E-state index in [-0.39, 0.29) is 11.5 Å². The molecule has 1 N–H and O–H groups in total. The van der Waals surface area contributed by atoms with Crippen molar-refractivity contribution < 1.29 is 13.6 Å². The van der Waals surface area contributed by atoms with Crippen LogP contribution in [-0.2, 0) is 5.75 Å². The third-order valence-corrected chi connectivity index (χ3v) is 5.87. The van der Waals surface area contributed by atoms with Crippen LogP contribution in [0.2, 0.25) is 0 Å². The number of halogens is 2. The summed E-state index contributed by atoms with van der Waals surface area (Å²) < 4.78 is 28.9. The van der Waals surface area contributed by atoms with Gasteiger partial charge in [0.1, 0.15) is 11.6 Å². The third-order valence-electron chi connectivity index (χ3n) is 4.80. The number of aromatic nitrogens is 4. The zero-order chi connectivity index (χ0) is 22.5. The van der Waals surface area contributed by atoms with E-state index in [1.165, 1.54) is 23.9 Å². The fourth-order valence-corrected chi connectivity index (χ4v) is 4.15. The van der Waals surface area contributed by atoms with Crippen LogP contribution < -0.4 is 5.32 Å². The highest BCUT2D eigenvalue weighted by Crippen LogP contribution is 2.27. The molecule has 0 bridgehead atoms. The standard InChI is InChI=1S/C23H19F2N5OS/c1-15(18-12-11-16(24)13-20(18)25)26-23(31)19-9-5-6-10-21(19)32-14-22-27-28-29-30(22)17-7-3-2-4-8-17/h2-13,15H,14H2,1H3,(H,26,31). The van der Waals surface area contributed by atoms with Crippen molar-refractivity contribution in [1.29, 1.82) is 0 Å². The number of carbonyl (C=O) groups excluding carboxylic acids is 1. The maximum absolute atomic E-state index is 14.1. The topological polar surface area (TPSA) is 72.7 Å². The Kier molecular flexibility index (Phi) is 6.55. The molecule has 3 aromatic carbocycles. The summed E-state index contributed by atoms with van der Waals surface area (Å²) >= 11 is 1.42. The van der Waals surface area contributed by atoms with Crippen LogP contribution >= 0.6 is 11.8 Å². The van der Waals surface area contributed by atoms with Crippen LogP contribution in [0.5, 0.6) is 0 Å². The molecule has 4 rings (SSSR count). The van der Waals surface area contributed by atoms with Crippen molar-refractivity contribution in [2.45, 2.75) is 23.6 Å². The Hall–Kier alpha value is -3.59. The predicted octanol–water partition coefficient (Wildman–Crippen LogP) is 4.72. The molecule has 0 spiro atoms. The van der Waals surface area contributed by atoms with E-state index >= 15 is 0 Å². The number of rotatable bonds is 7. The first-order chi connectivity index (χ1) is 15.5. The van der Waals surface area contributed by atoms with Gasteiger partial charge in [-0.3, -0.25) is 4.79 Å². The zero-order valence-electron chi connectivity index (χ0n) is 17.1. The second kappa shape index (κ2) is 9.69. The quantitative estimate of drug-likeness (QED) is 0.412. The first-order valence-electron chi connectivity index (χ1n) is 9.83. The Bertz CT molecular complexity index is 1230. The first kappa shape index (κ1) is 21.6. The van der Waals surface area contributed by atoms with Gasteiger partial charge in [0.2, 0.25) is 0 Å². The van der Waals surface area contributed by atoms with Gasteiger partial charge < -0.3 is 5.32 Å². The highest BCUT2D eigenvalue weighted by atomic mass is 32.2. The van der Waals surface area contributed by atoms with Crippen molar-refractivity contribution in [3.8, 4) is 5.69 Å². The molecule has 162 valence electrons.